The van der Waals surface area contributed by atoms with Gasteiger partial charge < -0.3 is 9.47 Å². The number of likely N-dealkylation sites (tertiary alicyclic amines) is 1. The Balaban J connectivity index is 2.07. The van der Waals surface area contributed by atoms with Crippen LogP contribution in [0, 0.1) is 6.92 Å². The highest BCUT2D eigenvalue weighted by atomic mass is 35.5. The van der Waals surface area contributed by atoms with Crippen LogP contribution in [0.2, 0.25) is 5.15 Å². The summed E-state index contributed by atoms with van der Waals surface area (Å²) in [7, 11) is 5.31. The van der Waals surface area contributed by atoms with Gasteiger partial charge in [-0.3, -0.25) is 9.58 Å². The Kier molecular flexibility index (Phi) is 4.27. The van der Waals surface area contributed by atoms with Crippen LogP contribution in [0.5, 0.6) is 0 Å². The SMILES string of the molecule is COC1CN(Cc2c(C)nn(C)c2Cl)CC1OC. The molecule has 18 heavy (non-hydrogen) atoms. The van der Waals surface area contributed by atoms with E-state index in [-0.39, 0.29) is 12.2 Å². The van der Waals surface area contributed by atoms with Gasteiger partial charge in [0.25, 0.3) is 0 Å². The first-order valence-electron chi connectivity index (χ1n) is 6.02. The maximum atomic E-state index is 6.24. The van der Waals surface area contributed by atoms with Crippen LogP contribution in [-0.4, -0.2) is 54.2 Å². The molecule has 2 atom stereocenters. The fraction of sp³-hybridized carbons (Fsp3) is 0.750. The minimum atomic E-state index is 0.130. The van der Waals surface area contributed by atoms with Crippen molar-refractivity contribution in [1.82, 2.24) is 14.7 Å². The number of aryl methyl sites for hydroxylation is 2. The molecular weight excluding hydrogens is 254 g/mol. The Morgan fingerprint density at radius 1 is 1.28 bits per heavy atom. The maximum absolute atomic E-state index is 6.24. The fourth-order valence-corrected chi connectivity index (χ4v) is 2.71. The normalized spacial score (nSPS) is 24.9. The lowest BCUT2D eigenvalue weighted by Crippen LogP contribution is -2.27. The van der Waals surface area contributed by atoms with Gasteiger partial charge >= 0.3 is 0 Å². The van der Waals surface area contributed by atoms with Crippen LogP contribution in [0.3, 0.4) is 0 Å². The smallest absolute Gasteiger partial charge is 0.131 e. The van der Waals surface area contributed by atoms with E-state index < -0.39 is 0 Å². The minimum Gasteiger partial charge on any atom is -0.377 e. The molecule has 0 aliphatic carbocycles. The second kappa shape index (κ2) is 5.57. The highest BCUT2D eigenvalue weighted by molar-refractivity contribution is 6.30. The summed E-state index contributed by atoms with van der Waals surface area (Å²) in [5, 5.41) is 5.04. The Bertz CT molecular complexity index is 410. The van der Waals surface area contributed by atoms with Gasteiger partial charge in [0, 0.05) is 46.5 Å². The van der Waals surface area contributed by atoms with Crippen molar-refractivity contribution in [2.24, 2.45) is 7.05 Å². The summed E-state index contributed by atoms with van der Waals surface area (Å²) in [6.07, 6.45) is 0.261. The van der Waals surface area contributed by atoms with E-state index in [0.717, 1.165) is 30.9 Å². The summed E-state index contributed by atoms with van der Waals surface area (Å²) in [5.74, 6) is 0. The molecule has 5 nitrogen and oxygen atoms in total. The third-order valence-corrected chi connectivity index (χ3v) is 4.02. The largest absolute Gasteiger partial charge is 0.377 e. The second-order valence-electron chi connectivity index (χ2n) is 4.72. The van der Waals surface area contributed by atoms with E-state index >= 15 is 0 Å². The zero-order chi connectivity index (χ0) is 13.3. The van der Waals surface area contributed by atoms with Crippen molar-refractivity contribution in [3.05, 3.63) is 16.4 Å². The molecule has 6 heteroatoms. The van der Waals surface area contributed by atoms with Crippen LogP contribution in [0.4, 0.5) is 0 Å². The van der Waals surface area contributed by atoms with E-state index in [1.165, 1.54) is 0 Å². The predicted molar refractivity (Wildman–Crippen MR) is 69.8 cm³/mol. The number of hydrogen-bond donors (Lipinski definition) is 0. The topological polar surface area (TPSA) is 39.5 Å². The highest BCUT2D eigenvalue weighted by Gasteiger charge is 2.33. The average Bonchev–Trinajstić information content (AvgIpc) is 2.86. The molecule has 1 aromatic heterocycles. The second-order valence-corrected chi connectivity index (χ2v) is 5.08. The molecular formula is C12H20ClN3O2. The van der Waals surface area contributed by atoms with Crippen LogP contribution < -0.4 is 0 Å². The molecule has 2 unspecified atom stereocenters. The van der Waals surface area contributed by atoms with E-state index in [1.54, 1.807) is 18.9 Å². The minimum absolute atomic E-state index is 0.130. The zero-order valence-electron chi connectivity index (χ0n) is 11.3. The summed E-state index contributed by atoms with van der Waals surface area (Å²) >= 11 is 6.24. The van der Waals surface area contributed by atoms with E-state index in [9.17, 15) is 0 Å². The number of ether oxygens (including phenoxy) is 2. The Morgan fingerprint density at radius 3 is 2.22 bits per heavy atom. The lowest BCUT2D eigenvalue weighted by molar-refractivity contribution is -0.00461. The van der Waals surface area contributed by atoms with E-state index in [4.69, 9.17) is 21.1 Å². The quantitative estimate of drug-likeness (QED) is 0.827. The standard InChI is InChI=1S/C12H20ClN3O2/c1-8-9(12(13)15(2)14-8)5-16-6-10(17-3)11(7-16)18-4/h10-11H,5-7H2,1-4H3. The van der Waals surface area contributed by atoms with Crippen LogP contribution in [-0.2, 0) is 23.1 Å². The van der Waals surface area contributed by atoms with Gasteiger partial charge in [-0.25, -0.2) is 0 Å². The summed E-state index contributed by atoms with van der Waals surface area (Å²) in [4.78, 5) is 2.29. The van der Waals surface area contributed by atoms with Crippen LogP contribution in [0.15, 0.2) is 0 Å². The Labute approximate surface area is 113 Å². The van der Waals surface area contributed by atoms with Crippen molar-refractivity contribution in [2.45, 2.75) is 25.7 Å². The molecule has 0 aromatic carbocycles. The van der Waals surface area contributed by atoms with Gasteiger partial charge in [0.2, 0.25) is 0 Å². The lowest BCUT2D eigenvalue weighted by atomic mass is 10.2. The number of aromatic nitrogens is 2. The molecule has 0 N–H and O–H groups in total. The van der Waals surface area contributed by atoms with E-state index in [0.29, 0.717) is 5.15 Å². The molecule has 0 spiro atoms. The number of halogens is 1. The van der Waals surface area contributed by atoms with Gasteiger partial charge in [0.05, 0.1) is 17.9 Å². The molecule has 102 valence electrons. The number of methoxy groups -OCH3 is 2. The van der Waals surface area contributed by atoms with Crippen molar-refractivity contribution in [1.29, 1.82) is 0 Å². The number of nitrogens with zero attached hydrogens (tertiary/aromatic N) is 3. The maximum Gasteiger partial charge on any atom is 0.131 e. The van der Waals surface area contributed by atoms with E-state index in [2.05, 4.69) is 10.00 Å². The van der Waals surface area contributed by atoms with Gasteiger partial charge in [-0.1, -0.05) is 11.6 Å². The molecule has 0 amide bonds. The van der Waals surface area contributed by atoms with Gasteiger partial charge in [-0.05, 0) is 6.92 Å². The highest BCUT2D eigenvalue weighted by Crippen LogP contribution is 2.24. The fourth-order valence-electron chi connectivity index (χ4n) is 2.48. The molecule has 0 saturated carbocycles. The number of rotatable bonds is 4. The van der Waals surface area contributed by atoms with Gasteiger partial charge in [-0.2, -0.15) is 5.10 Å². The monoisotopic (exact) mass is 273 g/mol. The van der Waals surface area contributed by atoms with Crippen molar-refractivity contribution in [2.75, 3.05) is 27.3 Å². The van der Waals surface area contributed by atoms with Gasteiger partial charge in [-0.15, -0.1) is 0 Å². The Hall–Kier alpha value is -0.620. The van der Waals surface area contributed by atoms with Crippen LogP contribution in [0.25, 0.3) is 0 Å². The van der Waals surface area contributed by atoms with E-state index in [1.807, 2.05) is 14.0 Å². The molecule has 0 bridgehead atoms. The third kappa shape index (κ3) is 2.54. The first kappa shape index (κ1) is 13.8. The molecule has 1 saturated heterocycles. The summed E-state index contributed by atoms with van der Waals surface area (Å²) < 4.78 is 12.6. The molecule has 1 aromatic rings. The van der Waals surface area contributed by atoms with Crippen LogP contribution >= 0.6 is 11.6 Å². The molecule has 2 rings (SSSR count). The lowest BCUT2D eigenvalue weighted by Gasteiger charge is -2.14. The van der Waals surface area contributed by atoms with Crippen molar-refractivity contribution in [3.63, 3.8) is 0 Å². The molecule has 1 fully saturated rings. The first-order valence-corrected chi connectivity index (χ1v) is 6.40. The summed E-state index contributed by atoms with van der Waals surface area (Å²) in [6.45, 7) is 4.50. The van der Waals surface area contributed by atoms with Crippen molar-refractivity contribution in [3.8, 4) is 0 Å². The van der Waals surface area contributed by atoms with Gasteiger partial charge in [0.15, 0.2) is 0 Å². The van der Waals surface area contributed by atoms with Crippen molar-refractivity contribution < 1.29 is 9.47 Å². The average molecular weight is 274 g/mol. The van der Waals surface area contributed by atoms with Crippen molar-refractivity contribution >= 4 is 11.6 Å². The van der Waals surface area contributed by atoms with Gasteiger partial charge in [0.1, 0.15) is 5.15 Å². The molecule has 0 radical (unpaired) electrons. The summed E-state index contributed by atoms with van der Waals surface area (Å²) in [6, 6.07) is 0. The summed E-state index contributed by atoms with van der Waals surface area (Å²) in [5.41, 5.74) is 2.07. The third-order valence-electron chi connectivity index (χ3n) is 3.55. The number of hydrogen-bond acceptors (Lipinski definition) is 4. The zero-order valence-corrected chi connectivity index (χ0v) is 12.1. The molecule has 2 heterocycles. The molecule has 1 aliphatic heterocycles. The predicted octanol–water partition coefficient (Wildman–Crippen LogP) is 1.23. The Morgan fingerprint density at radius 2 is 1.83 bits per heavy atom. The first-order chi connectivity index (χ1) is 8.56. The van der Waals surface area contributed by atoms with Crippen LogP contribution in [0.1, 0.15) is 11.3 Å². The molecule has 1 aliphatic rings.